The van der Waals surface area contributed by atoms with E-state index in [2.05, 4.69) is 91.9 Å². The van der Waals surface area contributed by atoms with Crippen LogP contribution in [0.15, 0.2) is 90.5 Å². The van der Waals surface area contributed by atoms with Gasteiger partial charge >= 0.3 is 0 Å². The van der Waals surface area contributed by atoms with E-state index in [4.69, 9.17) is 0 Å². The number of allylic oxidation sites excluding steroid dienone is 4. The van der Waals surface area contributed by atoms with Crippen LogP contribution < -0.4 is 0 Å². The second kappa shape index (κ2) is 4.86. The van der Waals surface area contributed by atoms with Gasteiger partial charge < -0.3 is 0 Å². The van der Waals surface area contributed by atoms with Crippen LogP contribution in [-0.4, -0.2) is 0 Å². The summed E-state index contributed by atoms with van der Waals surface area (Å²) in [4.78, 5) is 0. The average Bonchev–Trinajstić information content (AvgIpc) is 3.15. The molecule has 3 aliphatic rings. The lowest BCUT2D eigenvalue weighted by molar-refractivity contribution is 0.725. The molecule has 0 fully saturated rings. The van der Waals surface area contributed by atoms with Gasteiger partial charge in [-0.3, -0.25) is 0 Å². The van der Waals surface area contributed by atoms with Crippen molar-refractivity contribution in [1.82, 2.24) is 0 Å². The van der Waals surface area contributed by atoms with Gasteiger partial charge in [-0.1, -0.05) is 91.9 Å². The monoisotopic (exact) mass is 332 g/mol. The van der Waals surface area contributed by atoms with Crippen molar-refractivity contribution in [3.8, 4) is 11.1 Å². The number of fused-ring (bicyclic) bond motifs is 9. The van der Waals surface area contributed by atoms with Gasteiger partial charge in [-0.25, -0.2) is 0 Å². The summed E-state index contributed by atoms with van der Waals surface area (Å²) in [7, 11) is 0. The molecule has 3 aromatic rings. The van der Waals surface area contributed by atoms with Gasteiger partial charge in [-0.15, -0.1) is 0 Å². The van der Waals surface area contributed by atoms with Crippen LogP contribution in [0, 0.1) is 5.92 Å². The van der Waals surface area contributed by atoms with Crippen molar-refractivity contribution in [2.24, 2.45) is 5.92 Å². The molecule has 1 spiro atoms. The molecule has 1 atom stereocenters. The summed E-state index contributed by atoms with van der Waals surface area (Å²) in [5.74, 6) is 0.601. The normalized spacial score (nSPS) is 20.7. The van der Waals surface area contributed by atoms with Crippen LogP contribution in [0.3, 0.4) is 0 Å². The molecule has 0 radical (unpaired) electrons. The van der Waals surface area contributed by atoms with Gasteiger partial charge in [0.1, 0.15) is 0 Å². The van der Waals surface area contributed by atoms with Gasteiger partial charge in [0.25, 0.3) is 0 Å². The molecular weight excluding hydrogens is 312 g/mol. The molecule has 1 unspecified atom stereocenters. The molecule has 0 aromatic heterocycles. The van der Waals surface area contributed by atoms with Crippen LogP contribution in [0.4, 0.5) is 0 Å². The van der Waals surface area contributed by atoms with E-state index in [-0.39, 0.29) is 5.41 Å². The fourth-order valence-electron chi connectivity index (χ4n) is 5.50. The molecule has 124 valence electrons. The van der Waals surface area contributed by atoms with E-state index in [9.17, 15) is 0 Å². The standard InChI is InChI=1S/C26H20/c1-17-14-15-25-21(16-17)20-10-4-7-13-24(20)26(25)22-11-5-2-8-18(22)19-9-3-6-12-23(19)26/h2-15,17H,16H2,1H3. The topological polar surface area (TPSA) is 0 Å². The van der Waals surface area contributed by atoms with Crippen LogP contribution >= 0.6 is 0 Å². The lowest BCUT2D eigenvalue weighted by atomic mass is 9.69. The second-order valence-corrected chi connectivity index (χ2v) is 7.82. The van der Waals surface area contributed by atoms with Gasteiger partial charge in [0.15, 0.2) is 0 Å². The predicted octanol–water partition coefficient (Wildman–Crippen LogP) is 6.36. The first-order chi connectivity index (χ1) is 12.8. The van der Waals surface area contributed by atoms with Gasteiger partial charge in [0, 0.05) is 0 Å². The van der Waals surface area contributed by atoms with Crippen molar-refractivity contribution in [2.75, 3.05) is 0 Å². The third kappa shape index (κ3) is 1.52. The predicted molar refractivity (Wildman–Crippen MR) is 108 cm³/mol. The smallest absolute Gasteiger partial charge is 0.0722 e. The summed E-state index contributed by atoms with van der Waals surface area (Å²) in [6.07, 6.45) is 5.95. The molecule has 3 aliphatic carbocycles. The lowest BCUT2D eigenvalue weighted by Crippen LogP contribution is -2.27. The van der Waals surface area contributed by atoms with E-state index in [0.29, 0.717) is 5.92 Å². The maximum atomic E-state index is 2.42. The quantitative estimate of drug-likeness (QED) is 0.449. The van der Waals surface area contributed by atoms with Crippen LogP contribution in [0.2, 0.25) is 0 Å². The Morgan fingerprint density at radius 3 is 1.81 bits per heavy atom. The van der Waals surface area contributed by atoms with Gasteiger partial charge in [0.05, 0.1) is 5.41 Å². The third-order valence-electron chi connectivity index (χ3n) is 6.46. The maximum absolute atomic E-state index is 2.42. The Balaban J connectivity index is 1.82. The fraction of sp³-hybridized carbons (Fsp3) is 0.154. The number of benzene rings is 3. The molecule has 6 rings (SSSR count). The second-order valence-electron chi connectivity index (χ2n) is 7.82. The molecule has 0 heteroatoms. The highest BCUT2D eigenvalue weighted by Crippen LogP contribution is 2.63. The van der Waals surface area contributed by atoms with E-state index < -0.39 is 0 Å². The molecule has 0 N–H and O–H groups in total. The molecule has 26 heavy (non-hydrogen) atoms. The molecular formula is C26H20. The molecule has 0 amide bonds. The first-order valence-electron chi connectivity index (χ1n) is 9.53. The summed E-state index contributed by atoms with van der Waals surface area (Å²) < 4.78 is 0. The minimum absolute atomic E-state index is 0.143. The Labute approximate surface area is 154 Å². The largest absolute Gasteiger partial charge is 0.0810 e. The van der Waals surface area contributed by atoms with Crippen molar-refractivity contribution in [1.29, 1.82) is 0 Å². The maximum Gasteiger partial charge on any atom is 0.0722 e. The molecule has 0 nitrogen and oxygen atoms in total. The minimum atomic E-state index is -0.143. The Bertz CT molecular complexity index is 1080. The number of rotatable bonds is 0. The van der Waals surface area contributed by atoms with Crippen molar-refractivity contribution in [2.45, 2.75) is 18.8 Å². The summed E-state index contributed by atoms with van der Waals surface area (Å²) in [5.41, 5.74) is 11.5. The zero-order valence-corrected chi connectivity index (χ0v) is 14.9. The molecule has 0 heterocycles. The van der Waals surface area contributed by atoms with Crippen LogP contribution in [0.25, 0.3) is 16.7 Å². The molecule has 0 aliphatic heterocycles. The zero-order valence-electron chi connectivity index (χ0n) is 14.9. The van der Waals surface area contributed by atoms with Gasteiger partial charge in [-0.05, 0) is 56.9 Å². The van der Waals surface area contributed by atoms with Crippen molar-refractivity contribution >= 4 is 5.57 Å². The van der Waals surface area contributed by atoms with Crippen LogP contribution in [0.1, 0.15) is 35.6 Å². The lowest BCUT2D eigenvalue weighted by Gasteiger charge is -2.32. The Morgan fingerprint density at radius 2 is 1.19 bits per heavy atom. The Kier molecular flexibility index (Phi) is 2.68. The Hall–Kier alpha value is -2.86. The highest BCUT2D eigenvalue weighted by molar-refractivity contribution is 5.95. The van der Waals surface area contributed by atoms with E-state index in [0.717, 1.165) is 6.42 Å². The van der Waals surface area contributed by atoms with Gasteiger partial charge in [-0.2, -0.15) is 0 Å². The first kappa shape index (κ1) is 14.3. The van der Waals surface area contributed by atoms with E-state index >= 15 is 0 Å². The number of hydrogen-bond acceptors (Lipinski definition) is 0. The SMILES string of the molecule is CC1C=CC2=C(C1)c1ccccc1C21c2ccccc2-c2ccccc21. The first-order valence-corrected chi connectivity index (χ1v) is 9.53. The fourth-order valence-corrected chi connectivity index (χ4v) is 5.50. The highest BCUT2D eigenvalue weighted by atomic mass is 14.5. The van der Waals surface area contributed by atoms with E-state index in [1.165, 1.54) is 39.0 Å². The molecule has 3 aromatic carbocycles. The van der Waals surface area contributed by atoms with E-state index in [1.54, 1.807) is 5.57 Å². The van der Waals surface area contributed by atoms with Crippen molar-refractivity contribution < 1.29 is 0 Å². The van der Waals surface area contributed by atoms with Crippen molar-refractivity contribution in [3.63, 3.8) is 0 Å². The third-order valence-corrected chi connectivity index (χ3v) is 6.46. The van der Waals surface area contributed by atoms with Crippen LogP contribution in [0.5, 0.6) is 0 Å². The molecule has 0 saturated carbocycles. The minimum Gasteiger partial charge on any atom is -0.0810 e. The zero-order chi connectivity index (χ0) is 17.3. The molecule has 0 bridgehead atoms. The van der Waals surface area contributed by atoms with E-state index in [1.807, 2.05) is 0 Å². The highest BCUT2D eigenvalue weighted by Gasteiger charge is 2.52. The summed E-state index contributed by atoms with van der Waals surface area (Å²) in [6, 6.07) is 27.1. The van der Waals surface area contributed by atoms with Crippen molar-refractivity contribution in [3.05, 3.63) is 113 Å². The van der Waals surface area contributed by atoms with Gasteiger partial charge in [0.2, 0.25) is 0 Å². The van der Waals surface area contributed by atoms with Crippen LogP contribution in [-0.2, 0) is 5.41 Å². The Morgan fingerprint density at radius 1 is 0.692 bits per heavy atom. The summed E-state index contributed by atoms with van der Waals surface area (Å²) in [6.45, 7) is 2.32. The summed E-state index contributed by atoms with van der Waals surface area (Å²) in [5, 5.41) is 0. The average molecular weight is 332 g/mol. The number of hydrogen-bond donors (Lipinski definition) is 0. The molecule has 0 saturated heterocycles. The summed E-state index contributed by atoms with van der Waals surface area (Å²) >= 11 is 0.